The summed E-state index contributed by atoms with van der Waals surface area (Å²) in [4.78, 5) is 11.7. The Balaban J connectivity index is 2.34. The fourth-order valence-corrected chi connectivity index (χ4v) is 2.17. The van der Waals surface area contributed by atoms with E-state index in [9.17, 15) is 9.90 Å². The Hall–Kier alpha value is -1.16. The molecule has 0 radical (unpaired) electrons. The molecule has 0 bridgehead atoms. The molecular weight excluding hydrogens is 248 g/mol. The third-order valence-electron chi connectivity index (χ3n) is 2.36. The molecule has 0 saturated carbocycles. The largest absolute Gasteiger partial charge is 0.508 e. The number of benzene rings is 1. The van der Waals surface area contributed by atoms with Gasteiger partial charge in [-0.3, -0.25) is 0 Å². The highest BCUT2D eigenvalue weighted by Gasteiger charge is 2.08. The third kappa shape index (κ3) is 5.00. The van der Waals surface area contributed by atoms with Gasteiger partial charge in [0.15, 0.2) is 0 Å². The van der Waals surface area contributed by atoms with Gasteiger partial charge in [0.05, 0.1) is 5.56 Å². The molecule has 0 fully saturated rings. The molecule has 0 unspecified atom stereocenters. The molecule has 18 heavy (non-hydrogen) atoms. The fraction of sp³-hybridized carbons (Fsp3) is 0.500. The van der Waals surface area contributed by atoms with Gasteiger partial charge in [0.2, 0.25) is 0 Å². The Bertz CT molecular complexity index is 402. The summed E-state index contributed by atoms with van der Waals surface area (Å²) in [5.41, 5.74) is 1.14. The maximum absolute atomic E-state index is 11.7. The minimum absolute atomic E-state index is 0.124. The highest BCUT2D eigenvalue weighted by molar-refractivity contribution is 7.99. The number of thioether (sulfide) groups is 1. The first-order chi connectivity index (χ1) is 8.50. The number of hydrogen-bond donors (Lipinski definition) is 1. The van der Waals surface area contributed by atoms with E-state index in [4.69, 9.17) is 4.74 Å². The topological polar surface area (TPSA) is 46.5 Å². The van der Waals surface area contributed by atoms with Crippen LogP contribution in [0.25, 0.3) is 0 Å². The smallest absolute Gasteiger partial charge is 0.338 e. The Kier molecular flexibility index (Phi) is 6.05. The second kappa shape index (κ2) is 7.31. The number of esters is 1. The van der Waals surface area contributed by atoms with Crippen LogP contribution < -0.4 is 0 Å². The molecule has 0 aromatic heterocycles. The van der Waals surface area contributed by atoms with Crippen molar-refractivity contribution in [2.24, 2.45) is 5.92 Å². The molecule has 1 aromatic carbocycles. The summed E-state index contributed by atoms with van der Waals surface area (Å²) >= 11 is 1.78. The average molecular weight is 268 g/mol. The molecule has 1 aromatic rings. The highest BCUT2D eigenvalue weighted by Crippen LogP contribution is 2.18. The van der Waals surface area contributed by atoms with Gasteiger partial charge in [0.25, 0.3) is 0 Å². The SMILES string of the molecule is Cc1ccc(C(=O)OCCSCC(C)C)cc1O. The molecular formula is C14H20O3S. The Morgan fingerprint density at radius 3 is 2.78 bits per heavy atom. The van der Waals surface area contributed by atoms with Crippen molar-refractivity contribution in [1.29, 1.82) is 0 Å². The fourth-order valence-electron chi connectivity index (χ4n) is 1.33. The molecule has 0 aliphatic heterocycles. The van der Waals surface area contributed by atoms with Crippen molar-refractivity contribution in [3.05, 3.63) is 29.3 Å². The Morgan fingerprint density at radius 1 is 1.44 bits per heavy atom. The lowest BCUT2D eigenvalue weighted by Gasteiger charge is -2.07. The zero-order valence-corrected chi connectivity index (χ0v) is 11.9. The molecule has 3 nitrogen and oxygen atoms in total. The van der Waals surface area contributed by atoms with Crippen molar-refractivity contribution in [1.82, 2.24) is 0 Å². The molecule has 100 valence electrons. The summed E-state index contributed by atoms with van der Waals surface area (Å²) in [5.74, 6) is 2.28. The van der Waals surface area contributed by atoms with Gasteiger partial charge >= 0.3 is 5.97 Å². The van der Waals surface area contributed by atoms with Crippen LogP contribution in [0.1, 0.15) is 29.8 Å². The number of ether oxygens (including phenoxy) is 1. The van der Waals surface area contributed by atoms with Gasteiger partial charge in [-0.15, -0.1) is 0 Å². The second-order valence-electron chi connectivity index (χ2n) is 4.61. The summed E-state index contributed by atoms with van der Waals surface area (Å²) < 4.78 is 5.13. The molecule has 0 heterocycles. The lowest BCUT2D eigenvalue weighted by molar-refractivity contribution is 0.0530. The monoisotopic (exact) mass is 268 g/mol. The number of aryl methyl sites for hydroxylation is 1. The van der Waals surface area contributed by atoms with E-state index >= 15 is 0 Å². The lowest BCUT2D eigenvalue weighted by Crippen LogP contribution is -2.08. The van der Waals surface area contributed by atoms with Crippen LogP contribution in [0.5, 0.6) is 5.75 Å². The predicted molar refractivity (Wildman–Crippen MR) is 75.3 cm³/mol. The maximum atomic E-state index is 11.7. The predicted octanol–water partition coefficient (Wildman–Crippen LogP) is 3.25. The molecule has 0 saturated heterocycles. The van der Waals surface area contributed by atoms with Crippen molar-refractivity contribution in [2.75, 3.05) is 18.1 Å². The quantitative estimate of drug-likeness (QED) is 0.635. The van der Waals surface area contributed by atoms with Crippen LogP contribution in [-0.4, -0.2) is 29.2 Å². The van der Waals surface area contributed by atoms with Crippen LogP contribution in [0.2, 0.25) is 0 Å². The zero-order chi connectivity index (χ0) is 13.5. The van der Waals surface area contributed by atoms with E-state index < -0.39 is 0 Å². The van der Waals surface area contributed by atoms with Gasteiger partial charge in [0.1, 0.15) is 12.4 Å². The van der Waals surface area contributed by atoms with Gasteiger partial charge in [0, 0.05) is 5.75 Å². The third-order valence-corrected chi connectivity index (χ3v) is 3.71. The minimum Gasteiger partial charge on any atom is -0.508 e. The van der Waals surface area contributed by atoms with Crippen molar-refractivity contribution < 1.29 is 14.6 Å². The number of rotatable bonds is 6. The van der Waals surface area contributed by atoms with Gasteiger partial charge < -0.3 is 9.84 Å². The summed E-state index contributed by atoms with van der Waals surface area (Å²) in [6.45, 7) is 6.51. The summed E-state index contributed by atoms with van der Waals surface area (Å²) in [6.07, 6.45) is 0. The van der Waals surface area contributed by atoms with Crippen LogP contribution in [0, 0.1) is 12.8 Å². The number of carbonyl (C=O) groups is 1. The van der Waals surface area contributed by atoms with Crippen LogP contribution in [0.4, 0.5) is 0 Å². The molecule has 0 atom stereocenters. The molecule has 0 amide bonds. The Morgan fingerprint density at radius 2 is 2.17 bits per heavy atom. The van der Waals surface area contributed by atoms with Crippen molar-refractivity contribution >= 4 is 17.7 Å². The molecule has 1 rings (SSSR count). The van der Waals surface area contributed by atoms with Crippen molar-refractivity contribution in [2.45, 2.75) is 20.8 Å². The highest BCUT2D eigenvalue weighted by atomic mass is 32.2. The first-order valence-corrected chi connectivity index (χ1v) is 7.20. The number of hydrogen-bond acceptors (Lipinski definition) is 4. The van der Waals surface area contributed by atoms with Gasteiger partial charge in [-0.1, -0.05) is 19.9 Å². The summed E-state index contributed by atoms with van der Waals surface area (Å²) in [5, 5.41) is 9.51. The van der Waals surface area contributed by atoms with E-state index in [1.165, 1.54) is 6.07 Å². The van der Waals surface area contributed by atoms with E-state index in [2.05, 4.69) is 13.8 Å². The van der Waals surface area contributed by atoms with Crippen LogP contribution in [-0.2, 0) is 4.74 Å². The maximum Gasteiger partial charge on any atom is 0.338 e. The summed E-state index contributed by atoms with van der Waals surface area (Å²) in [6, 6.07) is 4.82. The number of phenols is 1. The van der Waals surface area contributed by atoms with E-state index in [-0.39, 0.29) is 11.7 Å². The minimum atomic E-state index is -0.379. The molecule has 0 aliphatic carbocycles. The van der Waals surface area contributed by atoms with E-state index in [0.717, 1.165) is 17.1 Å². The first kappa shape index (κ1) is 14.9. The zero-order valence-electron chi connectivity index (χ0n) is 11.1. The Labute approximate surface area is 113 Å². The first-order valence-electron chi connectivity index (χ1n) is 6.05. The van der Waals surface area contributed by atoms with E-state index in [0.29, 0.717) is 18.1 Å². The number of aromatic hydroxyl groups is 1. The average Bonchev–Trinajstić information content (AvgIpc) is 2.31. The van der Waals surface area contributed by atoms with Gasteiger partial charge in [-0.25, -0.2) is 4.79 Å². The van der Waals surface area contributed by atoms with Gasteiger partial charge in [-0.05, 0) is 36.3 Å². The van der Waals surface area contributed by atoms with Crippen LogP contribution in [0.15, 0.2) is 18.2 Å². The van der Waals surface area contributed by atoms with Crippen LogP contribution in [0.3, 0.4) is 0 Å². The molecule has 4 heteroatoms. The second-order valence-corrected chi connectivity index (χ2v) is 5.76. The van der Waals surface area contributed by atoms with Crippen molar-refractivity contribution in [3.63, 3.8) is 0 Å². The van der Waals surface area contributed by atoms with E-state index in [1.807, 2.05) is 0 Å². The summed E-state index contributed by atoms with van der Waals surface area (Å²) in [7, 11) is 0. The van der Waals surface area contributed by atoms with E-state index in [1.54, 1.807) is 30.8 Å². The number of carbonyl (C=O) groups excluding carboxylic acids is 1. The van der Waals surface area contributed by atoms with Crippen molar-refractivity contribution in [3.8, 4) is 5.75 Å². The number of phenolic OH excluding ortho intramolecular Hbond substituents is 1. The normalized spacial score (nSPS) is 10.7. The molecule has 0 aliphatic rings. The molecule has 0 spiro atoms. The molecule has 1 N–H and O–H groups in total. The lowest BCUT2D eigenvalue weighted by atomic mass is 10.1. The van der Waals surface area contributed by atoms with Gasteiger partial charge in [-0.2, -0.15) is 11.8 Å². The van der Waals surface area contributed by atoms with Crippen LogP contribution >= 0.6 is 11.8 Å². The standard InChI is InChI=1S/C14H20O3S/c1-10(2)9-18-7-6-17-14(16)12-5-4-11(3)13(15)8-12/h4-5,8,10,15H,6-7,9H2,1-3H3.